The predicted molar refractivity (Wildman–Crippen MR) is 110 cm³/mol. The fourth-order valence-electron chi connectivity index (χ4n) is 3.15. The molecule has 2 aromatic heterocycles. The van der Waals surface area contributed by atoms with E-state index in [1.165, 1.54) is 11.3 Å². The molecule has 1 amide bonds. The number of benzene rings is 2. The summed E-state index contributed by atoms with van der Waals surface area (Å²) in [5, 5.41) is 20.5. The number of azo groups is 1. The summed E-state index contributed by atoms with van der Waals surface area (Å²) >= 11 is 7.62. The molecule has 0 fully saturated rings. The number of para-hydroxylation sites is 1. The normalized spacial score (nSPS) is 12.0. The van der Waals surface area contributed by atoms with Gasteiger partial charge in [0.1, 0.15) is 4.88 Å². The van der Waals surface area contributed by atoms with Gasteiger partial charge in [-0.05, 0) is 26.0 Å². The van der Waals surface area contributed by atoms with E-state index in [1.54, 1.807) is 4.57 Å². The van der Waals surface area contributed by atoms with Gasteiger partial charge in [0.05, 0.1) is 10.5 Å². The van der Waals surface area contributed by atoms with Crippen LogP contribution in [0.2, 0.25) is 5.02 Å². The Morgan fingerprint density at radius 3 is 2.48 bits per heavy atom. The van der Waals surface area contributed by atoms with Gasteiger partial charge in [0.2, 0.25) is 5.88 Å². The average Bonchev–Trinajstić information content (AvgIpc) is 3.14. The van der Waals surface area contributed by atoms with Gasteiger partial charge in [-0.2, -0.15) is 0 Å². The van der Waals surface area contributed by atoms with Gasteiger partial charge in [-0.3, -0.25) is 4.79 Å². The summed E-state index contributed by atoms with van der Waals surface area (Å²) < 4.78 is 2.68. The minimum atomic E-state index is -0.526. The van der Waals surface area contributed by atoms with E-state index in [2.05, 4.69) is 10.2 Å². The van der Waals surface area contributed by atoms with Crippen LogP contribution in [0.5, 0.6) is 5.88 Å². The second-order valence-electron chi connectivity index (χ2n) is 6.40. The van der Waals surface area contributed by atoms with Gasteiger partial charge < -0.3 is 9.67 Å². The van der Waals surface area contributed by atoms with Crippen molar-refractivity contribution in [3.05, 3.63) is 58.4 Å². The number of carbonyl (C=O) groups excluding carboxylic acids is 1. The number of aromatic nitrogens is 1. The molecule has 0 aliphatic rings. The number of nitrogens with zero attached hydrogens (tertiary/aromatic N) is 3. The molecule has 2 heterocycles. The third kappa shape index (κ3) is 2.91. The Morgan fingerprint density at radius 1 is 1.11 bits per heavy atom. The lowest BCUT2D eigenvalue weighted by Gasteiger charge is -2.10. The zero-order valence-electron chi connectivity index (χ0n) is 14.7. The standard InChI is InChI=1S/C20H16ClN3O2S/c1-11(2)24-14-9-5-3-7-12(14)17(20(24)26)22-23-19(25)18-16(21)13-8-4-6-10-15(13)27-18/h3-11,26H,1-2H3. The Bertz CT molecular complexity index is 1210. The molecule has 27 heavy (non-hydrogen) atoms. The van der Waals surface area contributed by atoms with E-state index in [1.807, 2.05) is 62.4 Å². The first-order chi connectivity index (χ1) is 13.0. The molecule has 0 aliphatic heterocycles. The molecule has 0 bridgehead atoms. The highest BCUT2D eigenvalue weighted by atomic mass is 35.5. The second kappa shape index (κ2) is 6.79. The molecular weight excluding hydrogens is 382 g/mol. The molecule has 0 aliphatic carbocycles. The van der Waals surface area contributed by atoms with Crippen molar-refractivity contribution >= 4 is 55.5 Å². The second-order valence-corrected chi connectivity index (χ2v) is 7.83. The molecule has 2 aromatic carbocycles. The minimum absolute atomic E-state index is 0.00909. The van der Waals surface area contributed by atoms with Crippen LogP contribution in [0.15, 0.2) is 58.8 Å². The Kier molecular flexibility index (Phi) is 4.45. The smallest absolute Gasteiger partial charge is 0.307 e. The van der Waals surface area contributed by atoms with Gasteiger partial charge in [-0.1, -0.05) is 48.0 Å². The van der Waals surface area contributed by atoms with E-state index in [0.717, 1.165) is 21.0 Å². The molecule has 0 saturated heterocycles. The molecular formula is C20H16ClN3O2S. The molecule has 0 saturated carbocycles. The number of hydrogen-bond acceptors (Lipinski definition) is 4. The van der Waals surface area contributed by atoms with Crippen molar-refractivity contribution in [2.24, 2.45) is 10.2 Å². The number of halogens is 1. The fourth-order valence-corrected chi connectivity index (χ4v) is 4.54. The largest absolute Gasteiger partial charge is 0.493 e. The summed E-state index contributed by atoms with van der Waals surface area (Å²) in [5.41, 5.74) is 1.12. The van der Waals surface area contributed by atoms with Crippen molar-refractivity contribution in [2.75, 3.05) is 0 Å². The van der Waals surface area contributed by atoms with Gasteiger partial charge in [0.15, 0.2) is 5.69 Å². The van der Waals surface area contributed by atoms with Crippen LogP contribution in [0.25, 0.3) is 21.0 Å². The van der Waals surface area contributed by atoms with Crippen molar-refractivity contribution in [3.8, 4) is 5.88 Å². The highest BCUT2D eigenvalue weighted by molar-refractivity contribution is 7.21. The van der Waals surface area contributed by atoms with Crippen LogP contribution in [0.1, 0.15) is 29.6 Å². The summed E-state index contributed by atoms with van der Waals surface area (Å²) in [7, 11) is 0. The number of thiophene rings is 1. The molecule has 136 valence electrons. The molecule has 0 spiro atoms. The first kappa shape index (κ1) is 17.7. The van der Waals surface area contributed by atoms with Crippen molar-refractivity contribution in [3.63, 3.8) is 0 Å². The van der Waals surface area contributed by atoms with Crippen LogP contribution in [-0.4, -0.2) is 15.6 Å². The quantitative estimate of drug-likeness (QED) is 0.390. The van der Waals surface area contributed by atoms with Crippen LogP contribution < -0.4 is 0 Å². The Labute approximate surface area is 164 Å². The summed E-state index contributed by atoms with van der Waals surface area (Å²) in [5.74, 6) is -0.535. The number of amides is 1. The molecule has 4 aromatic rings. The predicted octanol–water partition coefficient (Wildman–Crippen LogP) is 6.72. The zero-order valence-corrected chi connectivity index (χ0v) is 16.3. The lowest BCUT2D eigenvalue weighted by Crippen LogP contribution is -1.98. The van der Waals surface area contributed by atoms with E-state index in [4.69, 9.17) is 11.6 Å². The van der Waals surface area contributed by atoms with Crippen LogP contribution in [-0.2, 0) is 0 Å². The van der Waals surface area contributed by atoms with Crippen LogP contribution >= 0.6 is 22.9 Å². The highest BCUT2D eigenvalue weighted by Gasteiger charge is 2.20. The summed E-state index contributed by atoms with van der Waals surface area (Å²) in [6.45, 7) is 3.93. The van der Waals surface area contributed by atoms with E-state index < -0.39 is 5.91 Å². The Hall–Kier alpha value is -2.70. The van der Waals surface area contributed by atoms with E-state index >= 15 is 0 Å². The third-order valence-corrected chi connectivity index (χ3v) is 6.01. The maximum atomic E-state index is 12.6. The van der Waals surface area contributed by atoms with E-state index in [9.17, 15) is 9.90 Å². The molecule has 5 nitrogen and oxygen atoms in total. The third-order valence-electron chi connectivity index (χ3n) is 4.35. The van der Waals surface area contributed by atoms with Crippen molar-refractivity contribution in [1.29, 1.82) is 0 Å². The lowest BCUT2D eigenvalue weighted by atomic mass is 10.2. The lowest BCUT2D eigenvalue weighted by molar-refractivity contribution is 0.0999. The van der Waals surface area contributed by atoms with Crippen LogP contribution in [0.3, 0.4) is 0 Å². The Morgan fingerprint density at radius 2 is 1.78 bits per heavy atom. The van der Waals surface area contributed by atoms with Crippen molar-refractivity contribution in [2.45, 2.75) is 19.9 Å². The summed E-state index contributed by atoms with van der Waals surface area (Å²) in [6, 6.07) is 15.1. The topological polar surface area (TPSA) is 66.9 Å². The molecule has 1 N–H and O–H groups in total. The number of hydrogen-bond donors (Lipinski definition) is 1. The molecule has 7 heteroatoms. The van der Waals surface area contributed by atoms with Gasteiger partial charge in [-0.15, -0.1) is 21.6 Å². The number of rotatable bonds is 3. The molecule has 0 unspecified atom stereocenters. The maximum absolute atomic E-state index is 12.6. The summed E-state index contributed by atoms with van der Waals surface area (Å²) in [4.78, 5) is 12.9. The van der Waals surface area contributed by atoms with Crippen molar-refractivity contribution in [1.82, 2.24) is 4.57 Å². The molecule has 4 rings (SSSR count). The maximum Gasteiger partial charge on any atom is 0.307 e. The number of aromatic hydroxyl groups is 1. The van der Waals surface area contributed by atoms with E-state index in [-0.39, 0.29) is 17.6 Å². The van der Waals surface area contributed by atoms with Gasteiger partial charge in [0.25, 0.3) is 0 Å². The van der Waals surface area contributed by atoms with Crippen LogP contribution in [0.4, 0.5) is 5.69 Å². The Balaban J connectivity index is 1.77. The molecule has 0 atom stereocenters. The monoisotopic (exact) mass is 397 g/mol. The fraction of sp³-hybridized carbons (Fsp3) is 0.150. The first-order valence-corrected chi connectivity index (χ1v) is 9.63. The van der Waals surface area contributed by atoms with Gasteiger partial charge in [0, 0.05) is 21.5 Å². The van der Waals surface area contributed by atoms with Gasteiger partial charge >= 0.3 is 5.91 Å². The van der Waals surface area contributed by atoms with E-state index in [0.29, 0.717) is 9.90 Å². The SMILES string of the molecule is CC(C)n1c(O)c(N=NC(=O)c2sc3ccccc3c2Cl)c2ccccc21. The van der Waals surface area contributed by atoms with Gasteiger partial charge in [-0.25, -0.2) is 0 Å². The minimum Gasteiger partial charge on any atom is -0.493 e. The summed E-state index contributed by atoms with van der Waals surface area (Å²) in [6.07, 6.45) is 0. The zero-order chi connectivity index (χ0) is 19.1. The first-order valence-electron chi connectivity index (χ1n) is 8.44. The van der Waals surface area contributed by atoms with Crippen LogP contribution in [0, 0.1) is 0 Å². The molecule has 0 radical (unpaired) electrons. The number of carbonyl (C=O) groups is 1. The highest BCUT2D eigenvalue weighted by Crippen LogP contribution is 2.41. The van der Waals surface area contributed by atoms with Crippen molar-refractivity contribution < 1.29 is 9.90 Å². The number of fused-ring (bicyclic) bond motifs is 2. The average molecular weight is 398 g/mol.